The molecule has 0 N–H and O–H groups in total. The van der Waals surface area contributed by atoms with E-state index < -0.39 is 7.92 Å². The second-order valence-corrected chi connectivity index (χ2v) is 18.3. The summed E-state index contributed by atoms with van der Waals surface area (Å²) in [6, 6.07) is 9.69. The zero-order valence-corrected chi connectivity index (χ0v) is 28.4. The molecule has 2 atom stereocenters. The van der Waals surface area contributed by atoms with E-state index in [2.05, 4.69) is 77.1 Å². The molecule has 1 unspecified atom stereocenters. The lowest BCUT2D eigenvalue weighted by molar-refractivity contribution is 0.408. The zero-order chi connectivity index (χ0) is 29.1. The average Bonchev–Trinajstić information content (AvgIpc) is 3.44. The highest BCUT2D eigenvalue weighted by molar-refractivity contribution is 7.74. The lowest BCUT2D eigenvalue weighted by atomic mass is 9.99. The highest BCUT2D eigenvalue weighted by atomic mass is 31.1. The standard InChI is InChI=1S/C37H52O2P2/c1-25-21-32(22-26(2)36(25)38-6)41(33-23-27(3)37(39-7)28(4)24-33)35-20-14-19-34(35)29(5)40(30-15-10-8-11-16-30)31-17-12-9-13-18-31/h14,19-24,29-31,35H,8-13,15-18H2,1-7H3/t29-,35?/m1/s1. The molecule has 0 bridgehead atoms. The van der Waals surface area contributed by atoms with Gasteiger partial charge in [-0.2, -0.15) is 0 Å². The number of rotatable bonds is 9. The normalized spacial score (nSPS) is 21.0. The van der Waals surface area contributed by atoms with E-state index in [1.54, 1.807) is 19.8 Å². The Morgan fingerprint density at radius 3 is 1.46 bits per heavy atom. The lowest BCUT2D eigenvalue weighted by Crippen LogP contribution is -2.30. The molecule has 5 rings (SSSR count). The Kier molecular flexibility index (Phi) is 10.4. The number of hydrogen-bond donors (Lipinski definition) is 0. The van der Waals surface area contributed by atoms with Gasteiger partial charge in [-0.05, 0) is 135 Å². The van der Waals surface area contributed by atoms with Gasteiger partial charge in [0.2, 0.25) is 0 Å². The number of benzene rings is 2. The highest BCUT2D eigenvalue weighted by Gasteiger charge is 2.40. The largest absolute Gasteiger partial charge is 0.496 e. The molecule has 0 aromatic heterocycles. The maximum Gasteiger partial charge on any atom is 0.124 e. The van der Waals surface area contributed by atoms with Crippen molar-refractivity contribution in [3.8, 4) is 11.5 Å². The third-order valence-electron chi connectivity index (χ3n) is 9.98. The van der Waals surface area contributed by atoms with Crippen LogP contribution in [0.15, 0.2) is 48.1 Å². The van der Waals surface area contributed by atoms with Crippen LogP contribution in [-0.4, -0.2) is 36.9 Å². The van der Waals surface area contributed by atoms with E-state index >= 15 is 0 Å². The molecule has 0 spiro atoms. The second-order valence-electron chi connectivity index (χ2n) is 12.8. The van der Waals surface area contributed by atoms with E-state index in [4.69, 9.17) is 9.47 Å². The smallest absolute Gasteiger partial charge is 0.124 e. The van der Waals surface area contributed by atoms with Crippen molar-refractivity contribution in [2.24, 2.45) is 0 Å². The summed E-state index contributed by atoms with van der Waals surface area (Å²) in [5.74, 6) is 2.05. The van der Waals surface area contributed by atoms with Gasteiger partial charge in [0.1, 0.15) is 11.5 Å². The maximum atomic E-state index is 5.80. The second kappa shape index (κ2) is 13.8. The summed E-state index contributed by atoms with van der Waals surface area (Å²) in [6.07, 6.45) is 22.1. The van der Waals surface area contributed by atoms with Crippen molar-refractivity contribution in [1.82, 2.24) is 0 Å². The molecule has 2 aromatic carbocycles. The van der Waals surface area contributed by atoms with Gasteiger partial charge in [0.05, 0.1) is 14.2 Å². The van der Waals surface area contributed by atoms with Crippen LogP contribution in [0.5, 0.6) is 11.5 Å². The fraction of sp³-hybridized carbons (Fsp3) is 0.568. The molecule has 2 aromatic rings. The molecule has 0 radical (unpaired) electrons. The van der Waals surface area contributed by atoms with E-state index in [0.717, 1.165) is 22.8 Å². The quantitative estimate of drug-likeness (QED) is 0.271. The van der Waals surface area contributed by atoms with Crippen LogP contribution in [0.25, 0.3) is 0 Å². The highest BCUT2D eigenvalue weighted by Crippen LogP contribution is 2.63. The Balaban J connectivity index is 1.58. The van der Waals surface area contributed by atoms with Crippen LogP contribution in [0.2, 0.25) is 0 Å². The Morgan fingerprint density at radius 2 is 1.07 bits per heavy atom. The first-order valence-electron chi connectivity index (χ1n) is 16.1. The Morgan fingerprint density at radius 1 is 0.659 bits per heavy atom. The molecule has 3 aliphatic rings. The number of methoxy groups -OCH3 is 2. The predicted octanol–water partition coefficient (Wildman–Crippen LogP) is 9.77. The van der Waals surface area contributed by atoms with Crippen LogP contribution in [-0.2, 0) is 0 Å². The summed E-state index contributed by atoms with van der Waals surface area (Å²) in [6.45, 7) is 11.5. The molecule has 2 saturated carbocycles. The minimum atomic E-state index is -0.639. The third kappa shape index (κ3) is 6.50. The first-order valence-corrected chi connectivity index (χ1v) is 19.1. The van der Waals surface area contributed by atoms with Crippen molar-refractivity contribution in [3.05, 3.63) is 70.3 Å². The monoisotopic (exact) mass is 590 g/mol. The summed E-state index contributed by atoms with van der Waals surface area (Å²) >= 11 is 0. The van der Waals surface area contributed by atoms with E-state index in [-0.39, 0.29) is 7.92 Å². The van der Waals surface area contributed by atoms with Crippen LogP contribution in [0, 0.1) is 27.7 Å². The minimum Gasteiger partial charge on any atom is -0.496 e. The number of hydrogen-bond acceptors (Lipinski definition) is 2. The Hall–Kier alpha value is -1.62. The van der Waals surface area contributed by atoms with Gasteiger partial charge in [-0.25, -0.2) is 0 Å². The van der Waals surface area contributed by atoms with Gasteiger partial charge < -0.3 is 9.47 Å². The van der Waals surface area contributed by atoms with Gasteiger partial charge in [-0.15, -0.1) is 0 Å². The van der Waals surface area contributed by atoms with Gasteiger partial charge in [0.25, 0.3) is 0 Å². The third-order valence-corrected chi connectivity index (χ3v) is 16.5. The maximum absolute atomic E-state index is 5.80. The van der Waals surface area contributed by atoms with Crippen molar-refractivity contribution in [1.29, 1.82) is 0 Å². The van der Waals surface area contributed by atoms with Crippen molar-refractivity contribution < 1.29 is 9.47 Å². The first-order chi connectivity index (χ1) is 19.8. The fourth-order valence-electron chi connectivity index (χ4n) is 8.21. The molecule has 0 aliphatic heterocycles. The van der Waals surface area contributed by atoms with Crippen LogP contribution in [0.3, 0.4) is 0 Å². The molecule has 2 fully saturated rings. The Bertz CT molecular complexity index is 1140. The van der Waals surface area contributed by atoms with Crippen LogP contribution < -0.4 is 20.1 Å². The number of aryl methyl sites for hydroxylation is 4. The molecule has 2 nitrogen and oxygen atoms in total. The molecule has 4 heteroatoms. The molecule has 3 aliphatic carbocycles. The molecular weight excluding hydrogens is 538 g/mol. The zero-order valence-electron chi connectivity index (χ0n) is 26.6. The summed E-state index contributed by atoms with van der Waals surface area (Å²) in [5.41, 5.74) is 9.72. The van der Waals surface area contributed by atoms with Crippen LogP contribution in [0.1, 0.15) is 93.4 Å². The summed E-state index contributed by atoms with van der Waals surface area (Å²) in [4.78, 5) is 0. The molecular formula is C37H52O2P2. The van der Waals surface area contributed by atoms with Crippen molar-refractivity contribution in [2.45, 2.75) is 121 Å². The van der Waals surface area contributed by atoms with E-state index in [0.29, 0.717) is 11.3 Å². The molecule has 0 amide bonds. The van der Waals surface area contributed by atoms with Gasteiger partial charge in [-0.1, -0.05) is 77.2 Å². The summed E-state index contributed by atoms with van der Waals surface area (Å²) < 4.78 is 11.6. The van der Waals surface area contributed by atoms with E-state index in [9.17, 15) is 0 Å². The van der Waals surface area contributed by atoms with Gasteiger partial charge in [0.15, 0.2) is 0 Å². The Labute approximate surface area is 252 Å². The fourth-order valence-corrected chi connectivity index (χ4v) is 15.9. The van der Waals surface area contributed by atoms with E-state index in [1.165, 1.54) is 97.1 Å². The molecule has 0 saturated heterocycles. The lowest BCUT2D eigenvalue weighted by Gasteiger charge is -2.44. The summed E-state index contributed by atoms with van der Waals surface area (Å²) in [5, 5.41) is 2.93. The SMILES string of the molecule is COc1c(C)cc(P(c2cc(C)c(OC)c(C)c2)C2C=CC=C2[C@@H](C)P(C2CCCCC2)C2CCCCC2)cc1C. The topological polar surface area (TPSA) is 18.5 Å². The molecule has 222 valence electrons. The van der Waals surface area contributed by atoms with Crippen molar-refractivity contribution >= 4 is 26.5 Å². The summed E-state index contributed by atoms with van der Waals surface area (Å²) in [7, 11) is 2.93. The number of ether oxygens (including phenoxy) is 2. The van der Waals surface area contributed by atoms with Crippen LogP contribution >= 0.6 is 15.8 Å². The van der Waals surface area contributed by atoms with Gasteiger partial charge in [-0.3, -0.25) is 0 Å². The minimum absolute atomic E-state index is 0.0368. The van der Waals surface area contributed by atoms with Gasteiger partial charge in [0, 0.05) is 5.66 Å². The molecule has 41 heavy (non-hydrogen) atoms. The van der Waals surface area contributed by atoms with Crippen molar-refractivity contribution in [3.63, 3.8) is 0 Å². The average molecular weight is 591 g/mol. The first kappa shape index (κ1) is 30.8. The predicted molar refractivity (Wildman–Crippen MR) is 182 cm³/mol. The van der Waals surface area contributed by atoms with E-state index in [1.807, 2.05) is 0 Å². The van der Waals surface area contributed by atoms with Crippen molar-refractivity contribution in [2.75, 3.05) is 14.2 Å². The van der Waals surface area contributed by atoms with Gasteiger partial charge >= 0.3 is 0 Å². The number of allylic oxidation sites excluding steroid dienone is 4. The van der Waals surface area contributed by atoms with Crippen LogP contribution in [0.4, 0.5) is 0 Å². The molecule has 0 heterocycles.